The van der Waals surface area contributed by atoms with Crippen molar-refractivity contribution in [2.24, 2.45) is 0 Å². The fourth-order valence-corrected chi connectivity index (χ4v) is 3.26. The van der Waals surface area contributed by atoms with Crippen molar-refractivity contribution in [2.45, 2.75) is 25.8 Å². The van der Waals surface area contributed by atoms with Crippen molar-refractivity contribution < 1.29 is 23.9 Å². The maximum atomic E-state index is 13.0. The molecule has 0 aliphatic heterocycles. The highest BCUT2D eigenvalue weighted by molar-refractivity contribution is 6.09. The van der Waals surface area contributed by atoms with Gasteiger partial charge in [-0.2, -0.15) is 0 Å². The number of hydrogen-bond donors (Lipinski definition) is 2. The molecular weight excluding hydrogens is 408 g/mol. The Kier molecular flexibility index (Phi) is 6.35. The molecule has 32 heavy (non-hydrogen) atoms. The molecule has 0 spiro atoms. The van der Waals surface area contributed by atoms with E-state index in [1.54, 1.807) is 43.3 Å². The van der Waals surface area contributed by atoms with E-state index in [0.717, 1.165) is 23.6 Å². The van der Waals surface area contributed by atoms with Crippen molar-refractivity contribution in [2.75, 3.05) is 18.5 Å². The van der Waals surface area contributed by atoms with Crippen molar-refractivity contribution >= 4 is 34.2 Å². The number of ether oxygens (including phenoxy) is 2. The lowest BCUT2D eigenvalue weighted by molar-refractivity contribution is -0.123. The first-order valence-corrected chi connectivity index (χ1v) is 10.6. The Hall–Kier alpha value is -3.87. The van der Waals surface area contributed by atoms with E-state index in [-0.39, 0.29) is 24.5 Å². The van der Waals surface area contributed by atoms with Crippen molar-refractivity contribution in [3.8, 4) is 5.75 Å². The molecule has 3 aromatic rings. The summed E-state index contributed by atoms with van der Waals surface area (Å²) in [7, 11) is 0. The van der Waals surface area contributed by atoms with Gasteiger partial charge in [-0.3, -0.25) is 9.59 Å². The summed E-state index contributed by atoms with van der Waals surface area (Å²) in [5.74, 6) is -0.672. The zero-order valence-corrected chi connectivity index (χ0v) is 17.7. The monoisotopic (exact) mass is 432 g/mol. The Morgan fingerprint density at radius 2 is 1.66 bits per heavy atom. The molecule has 0 aromatic heterocycles. The lowest BCUT2D eigenvalue weighted by atomic mass is 10.0. The minimum absolute atomic E-state index is 0.163. The summed E-state index contributed by atoms with van der Waals surface area (Å²) in [6.07, 6.45) is 1.98. The van der Waals surface area contributed by atoms with Gasteiger partial charge in [-0.15, -0.1) is 0 Å². The average molecular weight is 432 g/mol. The summed E-state index contributed by atoms with van der Waals surface area (Å²) in [4.78, 5) is 36.9. The molecule has 0 unspecified atom stereocenters. The van der Waals surface area contributed by atoms with E-state index in [9.17, 15) is 14.4 Å². The van der Waals surface area contributed by atoms with Gasteiger partial charge in [-0.05, 0) is 66.9 Å². The zero-order chi connectivity index (χ0) is 22.5. The molecule has 3 aromatic carbocycles. The van der Waals surface area contributed by atoms with Gasteiger partial charge in [0.2, 0.25) is 0 Å². The molecule has 1 aliphatic carbocycles. The number of anilines is 1. The third kappa shape index (κ3) is 5.24. The predicted octanol–water partition coefficient (Wildman–Crippen LogP) is 3.93. The molecule has 0 saturated heterocycles. The highest BCUT2D eigenvalue weighted by atomic mass is 16.5. The maximum absolute atomic E-state index is 13.0. The zero-order valence-electron chi connectivity index (χ0n) is 17.7. The number of benzene rings is 3. The second kappa shape index (κ2) is 9.51. The minimum atomic E-state index is -0.417. The van der Waals surface area contributed by atoms with E-state index >= 15 is 0 Å². The van der Waals surface area contributed by atoms with Gasteiger partial charge in [0, 0.05) is 11.7 Å². The third-order valence-electron chi connectivity index (χ3n) is 5.05. The topological polar surface area (TPSA) is 93.7 Å². The van der Waals surface area contributed by atoms with E-state index < -0.39 is 5.97 Å². The van der Waals surface area contributed by atoms with E-state index in [2.05, 4.69) is 10.6 Å². The number of rotatable bonds is 8. The fourth-order valence-electron chi connectivity index (χ4n) is 3.26. The summed E-state index contributed by atoms with van der Waals surface area (Å²) in [5, 5.41) is 7.47. The number of fused-ring (bicyclic) bond motifs is 1. The van der Waals surface area contributed by atoms with Crippen LogP contribution in [0.1, 0.15) is 40.5 Å². The van der Waals surface area contributed by atoms with Crippen LogP contribution >= 0.6 is 0 Å². The molecule has 2 amide bonds. The van der Waals surface area contributed by atoms with Gasteiger partial charge in [-0.1, -0.05) is 24.3 Å². The quantitative estimate of drug-likeness (QED) is 0.526. The lowest BCUT2D eigenvalue weighted by Crippen LogP contribution is -2.30. The standard InChI is InChI=1S/C25H24N2O5/c1-2-31-25(30)16-7-9-20(10-8-16)27-24(29)21-13-17-5-3-4-6-18(17)14-22(21)32-15-23(28)26-19-11-12-19/h3-10,13-14,19H,2,11-12,15H2,1H3,(H,26,28)(H,27,29). The largest absolute Gasteiger partial charge is 0.483 e. The van der Waals surface area contributed by atoms with Crippen LogP contribution < -0.4 is 15.4 Å². The van der Waals surface area contributed by atoms with Gasteiger partial charge in [0.25, 0.3) is 11.8 Å². The number of amides is 2. The average Bonchev–Trinajstić information content (AvgIpc) is 3.61. The summed E-state index contributed by atoms with van der Waals surface area (Å²) in [6, 6.07) is 17.8. The SMILES string of the molecule is CCOC(=O)c1ccc(NC(=O)c2cc3ccccc3cc2OCC(=O)NC2CC2)cc1. The summed E-state index contributed by atoms with van der Waals surface area (Å²) in [6.45, 7) is 1.87. The summed E-state index contributed by atoms with van der Waals surface area (Å²) < 4.78 is 10.7. The fraction of sp³-hybridized carbons (Fsp3) is 0.240. The molecule has 164 valence electrons. The van der Waals surface area contributed by atoms with E-state index in [4.69, 9.17) is 9.47 Å². The van der Waals surface area contributed by atoms with Crippen LogP contribution in [-0.2, 0) is 9.53 Å². The first-order chi connectivity index (χ1) is 15.5. The normalized spacial score (nSPS) is 12.8. The molecule has 0 heterocycles. The molecule has 7 heteroatoms. The highest BCUT2D eigenvalue weighted by Crippen LogP contribution is 2.27. The van der Waals surface area contributed by atoms with Gasteiger partial charge in [0.1, 0.15) is 5.75 Å². The molecule has 7 nitrogen and oxygen atoms in total. The van der Waals surface area contributed by atoms with Gasteiger partial charge in [0.15, 0.2) is 6.61 Å². The molecule has 0 radical (unpaired) electrons. The van der Waals surface area contributed by atoms with Crippen LogP contribution in [0.5, 0.6) is 5.75 Å². The Balaban J connectivity index is 1.53. The Morgan fingerprint density at radius 3 is 2.31 bits per heavy atom. The van der Waals surface area contributed by atoms with Gasteiger partial charge in [0.05, 0.1) is 17.7 Å². The van der Waals surface area contributed by atoms with Crippen molar-refractivity contribution in [3.05, 3.63) is 71.8 Å². The minimum Gasteiger partial charge on any atom is -0.483 e. The molecule has 1 fully saturated rings. The Morgan fingerprint density at radius 1 is 0.969 bits per heavy atom. The van der Waals surface area contributed by atoms with Crippen LogP contribution in [0.3, 0.4) is 0 Å². The van der Waals surface area contributed by atoms with Crippen LogP contribution in [0, 0.1) is 0 Å². The van der Waals surface area contributed by atoms with Crippen LogP contribution in [0.4, 0.5) is 5.69 Å². The second-order valence-electron chi connectivity index (χ2n) is 7.58. The maximum Gasteiger partial charge on any atom is 0.338 e. The van der Waals surface area contributed by atoms with E-state index in [1.165, 1.54) is 0 Å². The van der Waals surface area contributed by atoms with E-state index in [0.29, 0.717) is 29.2 Å². The van der Waals surface area contributed by atoms with Gasteiger partial charge < -0.3 is 20.1 Å². The van der Waals surface area contributed by atoms with Crippen molar-refractivity contribution in [1.29, 1.82) is 0 Å². The molecular formula is C25H24N2O5. The number of esters is 1. The van der Waals surface area contributed by atoms with Crippen LogP contribution in [0.15, 0.2) is 60.7 Å². The summed E-state index contributed by atoms with van der Waals surface area (Å²) >= 11 is 0. The number of hydrogen-bond acceptors (Lipinski definition) is 5. The smallest absolute Gasteiger partial charge is 0.338 e. The molecule has 1 aliphatic rings. The van der Waals surface area contributed by atoms with E-state index in [1.807, 2.05) is 24.3 Å². The van der Waals surface area contributed by atoms with Crippen molar-refractivity contribution in [3.63, 3.8) is 0 Å². The van der Waals surface area contributed by atoms with Crippen LogP contribution in [-0.4, -0.2) is 37.0 Å². The van der Waals surface area contributed by atoms with Crippen molar-refractivity contribution in [1.82, 2.24) is 5.32 Å². The second-order valence-corrected chi connectivity index (χ2v) is 7.58. The lowest BCUT2D eigenvalue weighted by Gasteiger charge is -2.14. The highest BCUT2D eigenvalue weighted by Gasteiger charge is 2.24. The third-order valence-corrected chi connectivity index (χ3v) is 5.05. The van der Waals surface area contributed by atoms with Crippen LogP contribution in [0.2, 0.25) is 0 Å². The first kappa shape index (κ1) is 21.4. The molecule has 4 rings (SSSR count). The Bertz CT molecular complexity index is 1150. The number of carbonyl (C=O) groups excluding carboxylic acids is 3. The Labute approximate surface area is 185 Å². The van der Waals surface area contributed by atoms with Crippen LogP contribution in [0.25, 0.3) is 10.8 Å². The van der Waals surface area contributed by atoms with Gasteiger partial charge in [-0.25, -0.2) is 4.79 Å². The molecule has 2 N–H and O–H groups in total. The molecule has 0 bridgehead atoms. The number of carbonyl (C=O) groups is 3. The first-order valence-electron chi connectivity index (χ1n) is 10.6. The number of nitrogens with one attached hydrogen (secondary N) is 2. The molecule has 0 atom stereocenters. The summed E-state index contributed by atoms with van der Waals surface area (Å²) in [5.41, 5.74) is 1.24. The molecule has 1 saturated carbocycles. The predicted molar refractivity (Wildman–Crippen MR) is 121 cm³/mol. The van der Waals surface area contributed by atoms with Gasteiger partial charge >= 0.3 is 5.97 Å².